The molecule has 23 heavy (non-hydrogen) atoms. The van der Waals surface area contributed by atoms with E-state index in [0.29, 0.717) is 11.7 Å². The summed E-state index contributed by atoms with van der Waals surface area (Å²) in [5, 5.41) is 0. The van der Waals surface area contributed by atoms with Crippen molar-refractivity contribution in [2.75, 3.05) is 4.90 Å². The number of carbonyl (C=O) groups excluding carboxylic acids is 1. The van der Waals surface area contributed by atoms with Gasteiger partial charge in [-0.15, -0.1) is 0 Å². The molecular weight excluding hydrogens is 352 g/mol. The molecule has 1 aliphatic rings. The van der Waals surface area contributed by atoms with E-state index in [1.54, 1.807) is 11.1 Å². The van der Waals surface area contributed by atoms with Crippen LogP contribution in [-0.4, -0.2) is 10.9 Å². The Morgan fingerprint density at radius 3 is 2.65 bits per heavy atom. The lowest BCUT2D eigenvalue weighted by molar-refractivity contribution is -0.113. The van der Waals surface area contributed by atoms with Crippen LogP contribution in [0.2, 0.25) is 0 Å². The number of carbonyl (C=O) groups is 1. The van der Waals surface area contributed by atoms with Gasteiger partial charge in [0, 0.05) is 10.7 Å². The molecule has 0 aliphatic heterocycles. The Balaban J connectivity index is 2.17. The topological polar surface area (TPSA) is 33.2 Å². The fourth-order valence-electron chi connectivity index (χ4n) is 2.64. The van der Waals surface area contributed by atoms with Gasteiger partial charge in [-0.1, -0.05) is 28.6 Å². The molecule has 1 saturated carbocycles. The van der Waals surface area contributed by atoms with Crippen molar-refractivity contribution < 1.29 is 4.79 Å². The zero-order chi connectivity index (χ0) is 16.6. The highest BCUT2D eigenvalue weighted by molar-refractivity contribution is 9.10. The first-order valence-corrected chi connectivity index (χ1v) is 8.49. The molecule has 2 aromatic rings. The molecule has 0 unspecified atom stereocenters. The highest BCUT2D eigenvalue weighted by Gasteiger charge is 2.30. The van der Waals surface area contributed by atoms with E-state index < -0.39 is 0 Å². The molecule has 0 N–H and O–H groups in total. The summed E-state index contributed by atoms with van der Waals surface area (Å²) in [6, 6.07) is 8.04. The maximum Gasteiger partial charge on any atom is 0.256 e. The number of aryl methyl sites for hydroxylation is 2. The van der Waals surface area contributed by atoms with Crippen LogP contribution < -0.4 is 4.90 Å². The lowest BCUT2D eigenvalue weighted by Gasteiger charge is -2.24. The fourth-order valence-corrected chi connectivity index (χ4v) is 3.00. The fraction of sp³-hybridized carbons (Fsp3) is 0.263. The molecule has 1 aromatic heterocycles. The average Bonchev–Trinajstić information content (AvgIpc) is 3.37. The predicted molar refractivity (Wildman–Crippen MR) is 97.2 cm³/mol. The Hall–Kier alpha value is -1.94. The van der Waals surface area contributed by atoms with Gasteiger partial charge in [0.2, 0.25) is 0 Å². The van der Waals surface area contributed by atoms with Crippen molar-refractivity contribution in [3.63, 3.8) is 0 Å². The molecule has 0 bridgehead atoms. The van der Waals surface area contributed by atoms with E-state index in [-0.39, 0.29) is 5.91 Å². The summed E-state index contributed by atoms with van der Waals surface area (Å²) in [5.41, 5.74) is 4.27. The van der Waals surface area contributed by atoms with Gasteiger partial charge in [0.1, 0.15) is 5.82 Å². The van der Waals surface area contributed by atoms with Gasteiger partial charge in [-0.05, 0) is 73.6 Å². The second-order valence-electron chi connectivity index (χ2n) is 6.01. The van der Waals surface area contributed by atoms with Crippen molar-refractivity contribution in [1.29, 1.82) is 0 Å². The molecule has 1 aliphatic carbocycles. The minimum absolute atomic E-state index is 0.162. The van der Waals surface area contributed by atoms with E-state index >= 15 is 0 Å². The molecule has 1 heterocycles. The highest BCUT2D eigenvalue weighted by atomic mass is 79.9. The van der Waals surface area contributed by atoms with Crippen molar-refractivity contribution in [2.45, 2.75) is 32.6 Å². The number of rotatable bonds is 4. The van der Waals surface area contributed by atoms with Crippen molar-refractivity contribution in [2.24, 2.45) is 0 Å². The molecule has 0 saturated heterocycles. The molecule has 0 radical (unpaired) electrons. The Labute approximate surface area is 145 Å². The quantitative estimate of drug-likeness (QED) is 0.693. The van der Waals surface area contributed by atoms with Gasteiger partial charge in [-0.3, -0.25) is 9.69 Å². The van der Waals surface area contributed by atoms with Crippen LogP contribution in [0.1, 0.15) is 35.4 Å². The number of aromatic nitrogens is 1. The molecule has 3 rings (SSSR count). The molecule has 1 fully saturated rings. The first-order chi connectivity index (χ1) is 11.0. The van der Waals surface area contributed by atoms with Crippen molar-refractivity contribution in [3.05, 3.63) is 64.3 Å². The Bertz CT molecular complexity index is 764. The monoisotopic (exact) mass is 370 g/mol. The van der Waals surface area contributed by atoms with Crippen LogP contribution in [0.4, 0.5) is 11.5 Å². The van der Waals surface area contributed by atoms with Crippen LogP contribution in [0.5, 0.6) is 0 Å². The van der Waals surface area contributed by atoms with Crippen LogP contribution in [0, 0.1) is 13.8 Å². The number of amides is 1. The van der Waals surface area contributed by atoms with E-state index in [1.807, 2.05) is 26.0 Å². The third-order valence-electron chi connectivity index (χ3n) is 4.09. The number of nitrogens with zero attached hydrogens (tertiary/aromatic N) is 2. The molecule has 118 valence electrons. The molecule has 0 spiro atoms. The van der Waals surface area contributed by atoms with Gasteiger partial charge in [-0.25, -0.2) is 4.98 Å². The maximum absolute atomic E-state index is 12.5. The van der Waals surface area contributed by atoms with Gasteiger partial charge in [0.15, 0.2) is 0 Å². The molecular formula is C19H19BrN2O. The number of halogens is 1. The number of benzene rings is 1. The number of pyridine rings is 1. The minimum Gasteiger partial charge on any atom is -0.269 e. The third kappa shape index (κ3) is 3.22. The number of anilines is 2. The SMILES string of the molecule is C=CC(=O)N(c1ccc(C)cn1)c1cc(C)c(Br)cc1C1CC1. The number of hydrogen-bond acceptors (Lipinski definition) is 2. The first-order valence-electron chi connectivity index (χ1n) is 7.70. The van der Waals surface area contributed by atoms with Crippen LogP contribution in [0.15, 0.2) is 47.6 Å². The van der Waals surface area contributed by atoms with E-state index in [0.717, 1.165) is 21.3 Å². The lowest BCUT2D eigenvalue weighted by Crippen LogP contribution is -2.25. The van der Waals surface area contributed by atoms with Crippen molar-refractivity contribution in [3.8, 4) is 0 Å². The Morgan fingerprint density at radius 2 is 2.09 bits per heavy atom. The smallest absolute Gasteiger partial charge is 0.256 e. The first kappa shape index (κ1) is 15.9. The molecule has 0 atom stereocenters. The van der Waals surface area contributed by atoms with Gasteiger partial charge < -0.3 is 0 Å². The second kappa shape index (κ2) is 6.28. The summed E-state index contributed by atoms with van der Waals surface area (Å²) in [5.74, 6) is 0.988. The summed E-state index contributed by atoms with van der Waals surface area (Å²) < 4.78 is 1.08. The summed E-state index contributed by atoms with van der Waals surface area (Å²) in [7, 11) is 0. The van der Waals surface area contributed by atoms with Gasteiger partial charge >= 0.3 is 0 Å². The van der Waals surface area contributed by atoms with Gasteiger partial charge in [0.25, 0.3) is 5.91 Å². The normalized spacial score (nSPS) is 13.7. The third-order valence-corrected chi connectivity index (χ3v) is 4.94. The highest BCUT2D eigenvalue weighted by Crippen LogP contribution is 2.47. The Morgan fingerprint density at radius 1 is 1.35 bits per heavy atom. The average molecular weight is 371 g/mol. The minimum atomic E-state index is -0.162. The maximum atomic E-state index is 12.5. The van der Waals surface area contributed by atoms with E-state index in [9.17, 15) is 4.79 Å². The van der Waals surface area contributed by atoms with Gasteiger partial charge in [-0.2, -0.15) is 0 Å². The van der Waals surface area contributed by atoms with Crippen LogP contribution >= 0.6 is 15.9 Å². The largest absolute Gasteiger partial charge is 0.269 e. The van der Waals surface area contributed by atoms with Crippen LogP contribution in [0.3, 0.4) is 0 Å². The van der Waals surface area contributed by atoms with Gasteiger partial charge in [0.05, 0.1) is 5.69 Å². The summed E-state index contributed by atoms with van der Waals surface area (Å²) in [4.78, 5) is 18.7. The van der Waals surface area contributed by atoms with Crippen molar-refractivity contribution >= 4 is 33.3 Å². The number of hydrogen-bond donors (Lipinski definition) is 0. The predicted octanol–water partition coefficient (Wildman–Crippen LogP) is 5.19. The molecule has 4 heteroatoms. The second-order valence-corrected chi connectivity index (χ2v) is 6.86. The molecule has 1 amide bonds. The van der Waals surface area contributed by atoms with Crippen molar-refractivity contribution in [1.82, 2.24) is 4.98 Å². The standard InChI is InChI=1S/C19H19BrN2O/c1-4-19(23)22(18-8-5-12(2)11-21-18)17-9-13(3)16(20)10-15(17)14-6-7-14/h4-5,8-11,14H,1,6-7H2,2-3H3. The lowest BCUT2D eigenvalue weighted by atomic mass is 10.0. The zero-order valence-corrected chi connectivity index (χ0v) is 14.9. The summed E-state index contributed by atoms with van der Waals surface area (Å²) >= 11 is 3.61. The summed E-state index contributed by atoms with van der Waals surface area (Å²) in [6.45, 7) is 7.67. The molecule has 3 nitrogen and oxygen atoms in total. The van der Waals surface area contributed by atoms with E-state index in [2.05, 4.69) is 39.6 Å². The molecule has 1 aromatic carbocycles. The Kier molecular flexibility index (Phi) is 4.35. The summed E-state index contributed by atoms with van der Waals surface area (Å²) in [6.07, 6.45) is 5.46. The van der Waals surface area contributed by atoms with E-state index in [1.165, 1.54) is 24.5 Å². The van der Waals surface area contributed by atoms with Crippen LogP contribution in [-0.2, 0) is 4.79 Å². The van der Waals surface area contributed by atoms with E-state index in [4.69, 9.17) is 0 Å². The van der Waals surface area contributed by atoms with Crippen LogP contribution in [0.25, 0.3) is 0 Å². The zero-order valence-electron chi connectivity index (χ0n) is 13.3.